The number of halogens is 3. The minimum atomic E-state index is -4.26. The number of nitrogens with zero attached hydrogens (tertiary/aromatic N) is 2. The van der Waals surface area contributed by atoms with Crippen molar-refractivity contribution >= 4 is 17.4 Å². The number of rotatable bonds is 4. The van der Waals surface area contributed by atoms with E-state index >= 15 is 0 Å². The van der Waals surface area contributed by atoms with Gasteiger partial charge in [-0.1, -0.05) is 6.07 Å². The number of hydrogen-bond donors (Lipinski definition) is 0. The molecule has 0 atom stereocenters. The molecule has 1 aliphatic carbocycles. The van der Waals surface area contributed by atoms with Crippen molar-refractivity contribution in [1.82, 2.24) is 0 Å². The first kappa shape index (κ1) is 14.1. The summed E-state index contributed by atoms with van der Waals surface area (Å²) in [5.41, 5.74) is 0.736. The third-order valence-electron chi connectivity index (χ3n) is 2.98. The van der Waals surface area contributed by atoms with Gasteiger partial charge < -0.3 is 4.90 Å². The number of benzene rings is 1. The van der Waals surface area contributed by atoms with E-state index in [0.717, 1.165) is 12.8 Å². The summed E-state index contributed by atoms with van der Waals surface area (Å²) in [4.78, 5) is 2.03. The molecular formula is C13H13F3N2S. The summed E-state index contributed by atoms with van der Waals surface area (Å²) < 4.78 is 38.0. The average molecular weight is 286 g/mol. The second-order valence-corrected chi connectivity index (χ2v) is 5.29. The molecular weight excluding hydrogens is 273 g/mol. The fourth-order valence-electron chi connectivity index (χ4n) is 2.03. The molecule has 0 spiro atoms. The summed E-state index contributed by atoms with van der Waals surface area (Å²) in [6, 6.07) is 7.00. The van der Waals surface area contributed by atoms with Gasteiger partial charge in [-0.3, -0.25) is 0 Å². The van der Waals surface area contributed by atoms with Gasteiger partial charge in [-0.2, -0.15) is 18.4 Å². The Labute approximate surface area is 114 Å². The molecule has 0 amide bonds. The van der Waals surface area contributed by atoms with Crippen LogP contribution in [0, 0.1) is 11.3 Å². The lowest BCUT2D eigenvalue weighted by Crippen LogP contribution is -2.36. The molecule has 0 unspecified atom stereocenters. The van der Waals surface area contributed by atoms with Gasteiger partial charge in [0.15, 0.2) is 0 Å². The lowest BCUT2D eigenvalue weighted by atomic mass is 10.1. The fraction of sp³-hybridized carbons (Fsp3) is 0.462. The highest BCUT2D eigenvalue weighted by atomic mass is 32.2. The van der Waals surface area contributed by atoms with Crippen LogP contribution in [0.15, 0.2) is 23.1 Å². The van der Waals surface area contributed by atoms with Crippen molar-refractivity contribution < 1.29 is 13.2 Å². The predicted molar refractivity (Wildman–Crippen MR) is 69.4 cm³/mol. The molecule has 102 valence electrons. The molecule has 0 aliphatic heterocycles. The van der Waals surface area contributed by atoms with Crippen molar-refractivity contribution in [2.45, 2.75) is 30.0 Å². The van der Waals surface area contributed by atoms with E-state index < -0.39 is 12.7 Å². The summed E-state index contributed by atoms with van der Waals surface area (Å²) in [6.07, 6.45) is -0.940. The second kappa shape index (κ2) is 5.33. The zero-order chi connectivity index (χ0) is 14.0. The molecule has 0 saturated heterocycles. The molecule has 2 nitrogen and oxygen atoms in total. The Morgan fingerprint density at radius 3 is 2.58 bits per heavy atom. The van der Waals surface area contributed by atoms with Crippen LogP contribution in [-0.2, 0) is 0 Å². The fourth-order valence-corrected chi connectivity index (χ4v) is 2.60. The Kier molecular flexibility index (Phi) is 3.95. The summed E-state index contributed by atoms with van der Waals surface area (Å²) in [5.74, 6) is 0. The Balaban J connectivity index is 2.40. The molecule has 0 aromatic heterocycles. The molecule has 1 saturated carbocycles. The topological polar surface area (TPSA) is 27.0 Å². The smallest absolute Gasteiger partial charge is 0.358 e. The lowest BCUT2D eigenvalue weighted by Gasteiger charge is -2.27. The predicted octanol–water partition coefficient (Wildman–Crippen LogP) is 3.81. The molecule has 1 aromatic rings. The highest BCUT2D eigenvalue weighted by molar-refractivity contribution is 7.98. The van der Waals surface area contributed by atoms with Crippen LogP contribution in [0.2, 0.25) is 0 Å². The first-order valence-corrected chi connectivity index (χ1v) is 7.09. The van der Waals surface area contributed by atoms with Crippen LogP contribution in [0.4, 0.5) is 18.9 Å². The van der Waals surface area contributed by atoms with E-state index in [0.29, 0.717) is 16.1 Å². The van der Waals surface area contributed by atoms with Crippen molar-refractivity contribution in [2.24, 2.45) is 0 Å². The third kappa shape index (κ3) is 3.35. The van der Waals surface area contributed by atoms with Gasteiger partial charge in [0.25, 0.3) is 0 Å². The summed E-state index contributed by atoms with van der Waals surface area (Å²) in [6.45, 7) is -0.996. The number of thioether (sulfide) groups is 1. The monoisotopic (exact) mass is 286 g/mol. The number of hydrogen-bond acceptors (Lipinski definition) is 3. The highest BCUT2D eigenvalue weighted by Gasteiger charge is 2.39. The molecule has 6 heteroatoms. The van der Waals surface area contributed by atoms with E-state index in [1.54, 1.807) is 18.2 Å². The summed E-state index contributed by atoms with van der Waals surface area (Å²) >= 11 is 1.37. The normalized spacial score (nSPS) is 15.1. The van der Waals surface area contributed by atoms with Crippen molar-refractivity contribution in [2.75, 3.05) is 17.7 Å². The minimum absolute atomic E-state index is 0.0918. The number of nitriles is 1. The molecule has 2 rings (SSSR count). The summed E-state index contributed by atoms with van der Waals surface area (Å²) in [7, 11) is 0. The van der Waals surface area contributed by atoms with Crippen molar-refractivity contribution in [3.8, 4) is 6.07 Å². The van der Waals surface area contributed by atoms with E-state index in [9.17, 15) is 18.4 Å². The maximum absolute atomic E-state index is 12.7. The van der Waals surface area contributed by atoms with E-state index in [1.165, 1.54) is 16.7 Å². The van der Waals surface area contributed by atoms with Crippen LogP contribution in [0.5, 0.6) is 0 Å². The zero-order valence-corrected chi connectivity index (χ0v) is 11.2. The minimum Gasteiger partial charge on any atom is -0.358 e. The highest BCUT2D eigenvalue weighted by Crippen LogP contribution is 2.38. The Morgan fingerprint density at radius 1 is 1.42 bits per heavy atom. The van der Waals surface area contributed by atoms with Crippen molar-refractivity contribution in [3.63, 3.8) is 0 Å². The van der Waals surface area contributed by atoms with Gasteiger partial charge >= 0.3 is 6.18 Å². The van der Waals surface area contributed by atoms with E-state index in [1.807, 2.05) is 12.3 Å². The van der Waals surface area contributed by atoms with Crippen molar-refractivity contribution in [1.29, 1.82) is 5.26 Å². The molecule has 0 radical (unpaired) electrons. The molecule has 1 aromatic carbocycles. The van der Waals surface area contributed by atoms with Crippen LogP contribution >= 0.6 is 11.8 Å². The summed E-state index contributed by atoms with van der Waals surface area (Å²) in [5, 5.41) is 9.21. The number of alkyl halides is 3. The van der Waals surface area contributed by atoms with E-state index in [4.69, 9.17) is 0 Å². The molecule has 0 heterocycles. The average Bonchev–Trinajstić information content (AvgIpc) is 3.18. The number of anilines is 1. The van der Waals surface area contributed by atoms with Crippen molar-refractivity contribution in [3.05, 3.63) is 23.8 Å². The lowest BCUT2D eigenvalue weighted by molar-refractivity contribution is -0.120. The molecule has 1 aliphatic rings. The van der Waals surface area contributed by atoms with Crippen LogP contribution < -0.4 is 4.90 Å². The quantitative estimate of drug-likeness (QED) is 0.787. The van der Waals surface area contributed by atoms with Crippen LogP contribution in [0.25, 0.3) is 0 Å². The second-order valence-electron chi connectivity index (χ2n) is 4.44. The maximum atomic E-state index is 12.7. The third-order valence-corrected chi connectivity index (χ3v) is 3.76. The molecule has 0 bridgehead atoms. The molecule has 0 N–H and O–H groups in total. The zero-order valence-electron chi connectivity index (χ0n) is 10.4. The Bertz CT molecular complexity index is 504. The van der Waals surface area contributed by atoms with Gasteiger partial charge in [0.2, 0.25) is 0 Å². The van der Waals surface area contributed by atoms with Gasteiger partial charge in [0.1, 0.15) is 12.6 Å². The molecule has 1 fully saturated rings. The van der Waals surface area contributed by atoms with Crippen LogP contribution in [0.1, 0.15) is 18.4 Å². The largest absolute Gasteiger partial charge is 0.405 e. The van der Waals surface area contributed by atoms with Gasteiger partial charge in [-0.15, -0.1) is 11.8 Å². The van der Waals surface area contributed by atoms with Gasteiger partial charge in [-0.25, -0.2) is 0 Å². The first-order chi connectivity index (χ1) is 8.96. The van der Waals surface area contributed by atoms with Gasteiger partial charge in [0.05, 0.1) is 11.3 Å². The van der Waals surface area contributed by atoms with Crippen LogP contribution in [-0.4, -0.2) is 25.0 Å². The van der Waals surface area contributed by atoms with Crippen LogP contribution in [0.3, 0.4) is 0 Å². The Hall–Kier alpha value is -1.35. The SMILES string of the molecule is CSc1cccc(N(CC(F)(F)F)C2CC2)c1C#N. The standard InChI is InChI=1S/C13H13F3N2S/c1-19-12-4-2-3-11(10(12)7-17)18(9-5-6-9)8-13(14,15)16/h2-4,9H,5-6,8H2,1H3. The first-order valence-electron chi connectivity index (χ1n) is 5.87. The van der Waals surface area contributed by atoms with E-state index in [2.05, 4.69) is 0 Å². The van der Waals surface area contributed by atoms with Gasteiger partial charge in [-0.05, 0) is 31.2 Å². The van der Waals surface area contributed by atoms with E-state index in [-0.39, 0.29) is 6.04 Å². The Morgan fingerprint density at radius 2 is 2.11 bits per heavy atom. The molecule has 19 heavy (non-hydrogen) atoms. The maximum Gasteiger partial charge on any atom is 0.405 e. The van der Waals surface area contributed by atoms with Gasteiger partial charge in [0, 0.05) is 10.9 Å².